The Balaban J connectivity index is 2.26. The van der Waals surface area contributed by atoms with Crippen LogP contribution in [-0.2, 0) is 19.1 Å². The summed E-state index contributed by atoms with van der Waals surface area (Å²) < 4.78 is 12.5. The molecule has 148 valence electrons. The van der Waals surface area contributed by atoms with E-state index >= 15 is 0 Å². The lowest BCUT2D eigenvalue weighted by Gasteiger charge is -2.03. The number of aryl methyl sites for hydroxylation is 1. The van der Waals surface area contributed by atoms with Crippen molar-refractivity contribution in [3.8, 4) is 16.9 Å². The van der Waals surface area contributed by atoms with Crippen LogP contribution in [0.1, 0.15) is 5.56 Å². The third-order valence-corrected chi connectivity index (χ3v) is 4.38. The average Bonchev–Trinajstić information content (AvgIpc) is 3.19. The molecule has 3 aromatic rings. The number of aromatic nitrogens is 2. The molecule has 0 aliphatic carbocycles. The van der Waals surface area contributed by atoms with Gasteiger partial charge in [-0.3, -0.25) is 0 Å². The normalized spacial score (nSPS) is 11.6. The molecule has 0 unspecified atom stereocenters. The number of ether oxygens (including phenoxy) is 2. The molecule has 0 bridgehead atoms. The Morgan fingerprint density at radius 2 is 1.55 bits per heavy atom. The quantitative estimate of drug-likeness (QED) is 0.312. The van der Waals surface area contributed by atoms with Gasteiger partial charge in [-0.1, -0.05) is 48.0 Å². The second-order valence-electron chi connectivity index (χ2n) is 6.29. The molecule has 7 nitrogen and oxygen atoms in total. The van der Waals surface area contributed by atoms with E-state index in [0.717, 1.165) is 29.6 Å². The number of rotatable bonds is 5. The maximum atomic E-state index is 12.3. The zero-order chi connectivity index (χ0) is 21.0. The lowest BCUT2D eigenvalue weighted by molar-refractivity contribution is -0.578. The highest BCUT2D eigenvalue weighted by Crippen LogP contribution is 2.23. The minimum atomic E-state index is -1.04. The summed E-state index contributed by atoms with van der Waals surface area (Å²) in [6.07, 6.45) is 3.24. The second kappa shape index (κ2) is 8.43. The van der Waals surface area contributed by atoms with Gasteiger partial charge in [-0.25, -0.2) is 9.59 Å². The van der Waals surface area contributed by atoms with Gasteiger partial charge in [0.2, 0.25) is 0 Å². The fourth-order valence-corrected chi connectivity index (χ4v) is 2.88. The van der Waals surface area contributed by atoms with E-state index in [1.54, 1.807) is 12.5 Å². The number of nitrogens with zero attached hydrogens (tertiary/aromatic N) is 2. The third kappa shape index (κ3) is 4.03. The van der Waals surface area contributed by atoms with Crippen LogP contribution >= 0.6 is 0 Å². The Hall–Kier alpha value is -3.87. The summed E-state index contributed by atoms with van der Waals surface area (Å²) in [5.74, 6) is -2.76. The summed E-state index contributed by atoms with van der Waals surface area (Å²) in [6, 6.07) is 17.4. The second-order valence-corrected chi connectivity index (χ2v) is 6.29. The predicted molar refractivity (Wildman–Crippen MR) is 106 cm³/mol. The Kier molecular flexibility index (Phi) is 5.78. The molecule has 0 radical (unpaired) electrons. The van der Waals surface area contributed by atoms with Gasteiger partial charge in [0, 0.05) is 5.56 Å². The van der Waals surface area contributed by atoms with Crippen molar-refractivity contribution in [1.29, 1.82) is 0 Å². The van der Waals surface area contributed by atoms with Crippen LogP contribution in [0.15, 0.2) is 72.9 Å². The lowest BCUT2D eigenvalue weighted by Crippen LogP contribution is -2.37. The summed E-state index contributed by atoms with van der Waals surface area (Å²) in [7, 11) is 2.29. The lowest BCUT2D eigenvalue weighted by atomic mass is 10.1. The molecule has 0 aliphatic heterocycles. The first-order chi connectivity index (χ1) is 14.0. The molecular weight excluding hydrogens is 372 g/mol. The molecule has 0 aliphatic rings. The number of methoxy groups -OCH3 is 2. The van der Waals surface area contributed by atoms with Crippen LogP contribution in [0.3, 0.4) is 0 Å². The molecule has 0 spiro atoms. The van der Waals surface area contributed by atoms with E-state index in [2.05, 4.69) is 4.74 Å². The van der Waals surface area contributed by atoms with E-state index in [4.69, 9.17) is 4.74 Å². The number of esters is 2. The Labute approximate surface area is 168 Å². The highest BCUT2D eigenvalue weighted by atomic mass is 16.5. The summed E-state index contributed by atoms with van der Waals surface area (Å²) in [5.41, 5.74) is 3.23. The topological polar surface area (TPSA) is 81.6 Å². The highest BCUT2D eigenvalue weighted by Gasteiger charge is 2.31. The minimum absolute atomic E-state index is 0.345. The van der Waals surface area contributed by atoms with E-state index in [1.165, 1.54) is 11.7 Å². The Bertz CT molecular complexity index is 1070. The van der Waals surface area contributed by atoms with Crippen LogP contribution < -0.4 is 4.57 Å². The number of aliphatic hydroxyl groups excluding tert-OH is 1. The van der Waals surface area contributed by atoms with Gasteiger partial charge in [-0.15, -0.1) is 0 Å². The van der Waals surface area contributed by atoms with Crippen LogP contribution in [0.5, 0.6) is 0 Å². The number of aliphatic hydroxyl groups is 1. The number of hydrogen-bond donors (Lipinski definition) is 1. The molecule has 1 heterocycles. The van der Waals surface area contributed by atoms with Crippen LogP contribution in [0.25, 0.3) is 22.6 Å². The van der Waals surface area contributed by atoms with E-state index in [9.17, 15) is 14.7 Å². The summed E-state index contributed by atoms with van der Waals surface area (Å²) in [4.78, 5) is 24.2. The van der Waals surface area contributed by atoms with Gasteiger partial charge in [0.05, 0.1) is 14.2 Å². The number of carbonyl (C=O) groups excluding carboxylic acids is 2. The van der Waals surface area contributed by atoms with Gasteiger partial charge in [0.15, 0.2) is 5.69 Å². The first kappa shape index (κ1) is 19.9. The maximum Gasteiger partial charge on any atom is 0.382 e. The van der Waals surface area contributed by atoms with Gasteiger partial charge in [0.1, 0.15) is 11.9 Å². The largest absolute Gasteiger partial charge is 0.499 e. The van der Waals surface area contributed by atoms with Crippen molar-refractivity contribution in [2.75, 3.05) is 14.2 Å². The summed E-state index contributed by atoms with van der Waals surface area (Å²) in [5, 5.41) is 10.3. The molecule has 0 amide bonds. The average molecular weight is 393 g/mol. The molecule has 29 heavy (non-hydrogen) atoms. The maximum absolute atomic E-state index is 12.3. The van der Waals surface area contributed by atoms with Crippen molar-refractivity contribution < 1.29 is 28.7 Å². The van der Waals surface area contributed by atoms with Crippen LogP contribution in [-0.4, -0.2) is 35.8 Å². The van der Waals surface area contributed by atoms with Crippen molar-refractivity contribution >= 4 is 17.6 Å². The molecule has 1 aromatic heterocycles. The monoisotopic (exact) mass is 393 g/mol. The Morgan fingerprint density at radius 3 is 2.14 bits per heavy atom. The molecule has 0 saturated heterocycles. The van der Waals surface area contributed by atoms with Gasteiger partial charge in [0.25, 0.3) is 17.8 Å². The van der Waals surface area contributed by atoms with Gasteiger partial charge < -0.3 is 14.6 Å². The van der Waals surface area contributed by atoms with Gasteiger partial charge in [-0.2, -0.15) is 9.13 Å². The number of imidazole rings is 1. The first-order valence-electron chi connectivity index (χ1n) is 8.82. The van der Waals surface area contributed by atoms with Gasteiger partial charge in [-0.05, 0) is 19.1 Å². The zero-order valence-corrected chi connectivity index (χ0v) is 16.3. The van der Waals surface area contributed by atoms with Crippen molar-refractivity contribution in [2.45, 2.75) is 6.92 Å². The standard InChI is InChI=1S/C22H20N2O5/c1-15-9-11-17(12-10-15)24-14-23(13-18(24)16-7-5-4-6-8-16)19(21(26)28-2)20(25)22(27)29-3/h4-14H,1-3H3/p+1. The molecule has 0 fully saturated rings. The third-order valence-electron chi connectivity index (χ3n) is 4.38. The number of hydrogen-bond acceptors (Lipinski definition) is 5. The van der Waals surface area contributed by atoms with Crippen LogP contribution in [0, 0.1) is 6.92 Å². The Morgan fingerprint density at radius 1 is 0.931 bits per heavy atom. The summed E-state index contributed by atoms with van der Waals surface area (Å²) >= 11 is 0. The number of benzene rings is 2. The highest BCUT2D eigenvalue weighted by molar-refractivity contribution is 6.12. The smallest absolute Gasteiger partial charge is 0.382 e. The zero-order valence-electron chi connectivity index (χ0n) is 16.3. The van der Waals surface area contributed by atoms with Crippen LogP contribution in [0.4, 0.5) is 0 Å². The molecule has 2 aromatic carbocycles. The van der Waals surface area contributed by atoms with E-state index in [1.807, 2.05) is 66.1 Å². The molecule has 0 atom stereocenters. The SMILES string of the molecule is COC(=O)/C(O)=C(\C(=O)OC)[n+]1cc(-c2ccccc2)n(-c2ccc(C)cc2)c1. The van der Waals surface area contributed by atoms with E-state index in [-0.39, 0.29) is 5.70 Å². The fraction of sp³-hybridized carbons (Fsp3) is 0.136. The summed E-state index contributed by atoms with van der Waals surface area (Å²) in [6.45, 7) is 1.99. The van der Waals surface area contributed by atoms with E-state index in [0.29, 0.717) is 0 Å². The molecular formula is C22H21N2O5+. The van der Waals surface area contributed by atoms with Crippen LogP contribution in [0.2, 0.25) is 0 Å². The van der Waals surface area contributed by atoms with Crippen molar-refractivity contribution in [1.82, 2.24) is 4.57 Å². The van der Waals surface area contributed by atoms with E-state index < -0.39 is 17.7 Å². The fourth-order valence-electron chi connectivity index (χ4n) is 2.88. The first-order valence-corrected chi connectivity index (χ1v) is 8.82. The van der Waals surface area contributed by atoms with Gasteiger partial charge >= 0.3 is 11.9 Å². The van der Waals surface area contributed by atoms with Crippen molar-refractivity contribution in [3.63, 3.8) is 0 Å². The molecule has 1 N–H and O–H groups in total. The number of carbonyl (C=O) groups is 2. The predicted octanol–water partition coefficient (Wildman–Crippen LogP) is 2.81. The van der Waals surface area contributed by atoms with Crippen molar-refractivity contribution in [3.05, 3.63) is 78.4 Å². The molecule has 0 saturated carbocycles. The molecule has 3 rings (SSSR count). The van der Waals surface area contributed by atoms with Crippen molar-refractivity contribution in [2.24, 2.45) is 0 Å². The minimum Gasteiger partial charge on any atom is -0.499 e. The molecule has 7 heteroatoms.